The quantitative estimate of drug-likeness (QED) is 0.865. The van der Waals surface area contributed by atoms with Crippen molar-refractivity contribution in [3.05, 3.63) is 58.9 Å². The zero-order valence-electron chi connectivity index (χ0n) is 12.1. The molecular weight excluding hydrogens is 341 g/mol. The van der Waals surface area contributed by atoms with Gasteiger partial charge in [-0.15, -0.1) is 0 Å². The molecule has 2 aromatic carbocycles. The van der Waals surface area contributed by atoms with Crippen molar-refractivity contribution in [2.24, 2.45) is 0 Å². The minimum atomic E-state index is -3.90. The molecule has 122 valence electrons. The molecule has 3 rings (SSSR count). The first kappa shape index (κ1) is 16.2. The van der Waals surface area contributed by atoms with Gasteiger partial charge >= 0.3 is 0 Å². The van der Waals surface area contributed by atoms with Crippen molar-refractivity contribution in [1.29, 1.82) is 0 Å². The maximum atomic E-state index is 13.0. The summed E-state index contributed by atoms with van der Waals surface area (Å²) in [6.07, 6.45) is 1.84. The molecule has 0 atom stereocenters. The van der Waals surface area contributed by atoms with Crippen LogP contribution in [0.3, 0.4) is 0 Å². The van der Waals surface area contributed by atoms with Crippen molar-refractivity contribution in [3.63, 3.8) is 0 Å². The molecule has 0 bridgehead atoms. The number of rotatable bonds is 5. The third-order valence-corrected chi connectivity index (χ3v) is 5.81. The van der Waals surface area contributed by atoms with Crippen LogP contribution in [-0.4, -0.2) is 19.1 Å². The molecule has 0 aliphatic heterocycles. The van der Waals surface area contributed by atoms with Gasteiger partial charge in [-0.05, 0) is 49.1 Å². The van der Waals surface area contributed by atoms with E-state index >= 15 is 0 Å². The third-order valence-electron chi connectivity index (χ3n) is 3.90. The number of aromatic hydroxyl groups is 1. The van der Waals surface area contributed by atoms with E-state index in [1.807, 2.05) is 0 Å². The monoisotopic (exact) mass is 355 g/mol. The predicted molar refractivity (Wildman–Crippen MR) is 85.5 cm³/mol. The number of benzene rings is 2. The van der Waals surface area contributed by atoms with E-state index in [1.165, 1.54) is 30.3 Å². The van der Waals surface area contributed by atoms with Crippen molar-refractivity contribution in [2.45, 2.75) is 29.7 Å². The summed E-state index contributed by atoms with van der Waals surface area (Å²) in [7, 11) is -3.90. The van der Waals surface area contributed by atoms with E-state index in [4.69, 9.17) is 11.6 Å². The lowest BCUT2D eigenvalue weighted by atomic mass is 10.1. The first-order valence-corrected chi connectivity index (χ1v) is 8.93. The molecule has 2 aromatic rings. The van der Waals surface area contributed by atoms with Gasteiger partial charge in [0.15, 0.2) is 5.75 Å². The molecule has 0 spiro atoms. The van der Waals surface area contributed by atoms with Crippen molar-refractivity contribution in [1.82, 2.24) is 4.72 Å². The maximum Gasteiger partial charge on any atom is 0.244 e. The second-order valence-corrected chi connectivity index (χ2v) is 7.83. The fourth-order valence-corrected chi connectivity index (χ4v) is 4.32. The van der Waals surface area contributed by atoms with Gasteiger partial charge in [-0.3, -0.25) is 0 Å². The number of hydrogen-bond donors (Lipinski definition) is 2. The summed E-state index contributed by atoms with van der Waals surface area (Å²) < 4.78 is 40.6. The highest BCUT2D eigenvalue weighted by atomic mass is 35.5. The molecule has 0 aromatic heterocycles. The van der Waals surface area contributed by atoms with E-state index in [1.54, 1.807) is 12.1 Å². The van der Waals surface area contributed by atoms with Gasteiger partial charge in [-0.25, -0.2) is 17.5 Å². The first-order valence-electron chi connectivity index (χ1n) is 7.07. The summed E-state index contributed by atoms with van der Waals surface area (Å²) in [4.78, 5) is -0.240. The fraction of sp³-hybridized carbons (Fsp3) is 0.250. The summed E-state index contributed by atoms with van der Waals surface area (Å²) in [5.41, 5.74) is 0.257. The molecule has 0 unspecified atom stereocenters. The zero-order valence-corrected chi connectivity index (χ0v) is 13.7. The Kier molecular flexibility index (Phi) is 4.08. The molecule has 0 amide bonds. The topological polar surface area (TPSA) is 66.4 Å². The highest BCUT2D eigenvalue weighted by Crippen LogP contribution is 2.41. The smallest absolute Gasteiger partial charge is 0.244 e. The lowest BCUT2D eigenvalue weighted by Gasteiger charge is -2.18. The molecule has 1 saturated carbocycles. The van der Waals surface area contributed by atoms with Crippen LogP contribution in [0.25, 0.3) is 0 Å². The maximum absolute atomic E-state index is 13.0. The molecule has 1 aliphatic carbocycles. The molecule has 4 nitrogen and oxygen atoms in total. The van der Waals surface area contributed by atoms with Crippen LogP contribution in [0.5, 0.6) is 5.75 Å². The molecule has 23 heavy (non-hydrogen) atoms. The Hall–Kier alpha value is -1.63. The number of phenolic OH excluding ortho intramolecular Hbond substituents is 1. The second kappa shape index (κ2) is 5.78. The minimum absolute atomic E-state index is 0.0174. The summed E-state index contributed by atoms with van der Waals surface area (Å²) in [6, 6.07) is 10.2. The number of sulfonamides is 1. The summed E-state index contributed by atoms with van der Waals surface area (Å²) in [5, 5.41) is 9.86. The van der Waals surface area contributed by atoms with E-state index in [9.17, 15) is 17.9 Å². The van der Waals surface area contributed by atoms with Crippen LogP contribution < -0.4 is 4.72 Å². The number of hydrogen-bond acceptors (Lipinski definition) is 3. The average molecular weight is 356 g/mol. The Balaban J connectivity index is 1.82. The molecule has 1 fully saturated rings. The van der Waals surface area contributed by atoms with Crippen molar-refractivity contribution >= 4 is 21.6 Å². The predicted octanol–water partition coefficient (Wildman–Crippen LogP) is 3.24. The van der Waals surface area contributed by atoms with Crippen molar-refractivity contribution < 1.29 is 17.9 Å². The van der Waals surface area contributed by atoms with Crippen LogP contribution in [-0.2, 0) is 16.4 Å². The molecule has 0 saturated heterocycles. The van der Waals surface area contributed by atoms with Crippen molar-refractivity contribution in [3.8, 4) is 5.75 Å². The first-order chi connectivity index (χ1) is 10.8. The lowest BCUT2D eigenvalue weighted by molar-refractivity contribution is 0.456. The number of nitrogens with one attached hydrogen (secondary N) is 1. The standard InChI is InChI=1S/C16H15ClFNO3S/c17-13-2-1-3-14(15(13)20)23(21,22)19-16(8-9-16)10-11-4-6-12(18)7-5-11/h1-7,19-20H,8-10H2. The van der Waals surface area contributed by atoms with Gasteiger partial charge in [-0.2, -0.15) is 0 Å². The third kappa shape index (κ3) is 3.49. The number of halogens is 2. The SMILES string of the molecule is O=S(=O)(NC1(Cc2ccc(F)cc2)CC1)c1cccc(Cl)c1O. The van der Waals surface area contributed by atoms with Crippen LogP contribution in [0, 0.1) is 5.82 Å². The second-order valence-electron chi connectivity index (χ2n) is 5.78. The summed E-state index contributed by atoms with van der Waals surface area (Å²) >= 11 is 5.77. The van der Waals surface area contributed by atoms with Crippen LogP contribution >= 0.6 is 11.6 Å². The van der Waals surface area contributed by atoms with Gasteiger partial charge in [0, 0.05) is 5.54 Å². The van der Waals surface area contributed by atoms with Gasteiger partial charge in [-0.1, -0.05) is 29.8 Å². The highest BCUT2D eigenvalue weighted by molar-refractivity contribution is 7.89. The van der Waals surface area contributed by atoms with E-state index in [-0.39, 0.29) is 15.7 Å². The normalized spacial score (nSPS) is 16.3. The van der Waals surface area contributed by atoms with E-state index in [2.05, 4.69) is 4.72 Å². The fourth-order valence-electron chi connectivity index (χ4n) is 2.51. The summed E-state index contributed by atoms with van der Waals surface area (Å²) in [5.74, 6) is -0.790. The molecule has 1 aliphatic rings. The Bertz CT molecular complexity index is 833. The van der Waals surface area contributed by atoms with Gasteiger partial charge in [0.1, 0.15) is 10.7 Å². The molecule has 0 radical (unpaired) electrons. The number of para-hydroxylation sites is 1. The Morgan fingerprint density at radius 3 is 2.43 bits per heavy atom. The van der Waals surface area contributed by atoms with Crippen LogP contribution in [0.15, 0.2) is 47.4 Å². The molecular formula is C16H15ClFNO3S. The zero-order chi connectivity index (χ0) is 16.7. The van der Waals surface area contributed by atoms with Gasteiger partial charge < -0.3 is 5.11 Å². The summed E-state index contributed by atoms with van der Waals surface area (Å²) in [6.45, 7) is 0. The van der Waals surface area contributed by atoms with E-state index in [0.717, 1.165) is 5.56 Å². The van der Waals surface area contributed by atoms with Gasteiger partial charge in [0.2, 0.25) is 10.0 Å². The molecule has 7 heteroatoms. The Labute approximate surface area is 139 Å². The van der Waals surface area contributed by atoms with E-state index < -0.39 is 21.3 Å². The van der Waals surface area contributed by atoms with Gasteiger partial charge in [0.25, 0.3) is 0 Å². The Morgan fingerprint density at radius 2 is 1.83 bits per heavy atom. The lowest BCUT2D eigenvalue weighted by Crippen LogP contribution is -2.38. The minimum Gasteiger partial charge on any atom is -0.505 e. The molecule has 0 heterocycles. The van der Waals surface area contributed by atoms with Crippen molar-refractivity contribution in [2.75, 3.05) is 0 Å². The highest BCUT2D eigenvalue weighted by Gasteiger charge is 2.46. The Morgan fingerprint density at radius 1 is 1.17 bits per heavy atom. The number of phenols is 1. The van der Waals surface area contributed by atoms with Crippen LogP contribution in [0.1, 0.15) is 18.4 Å². The largest absolute Gasteiger partial charge is 0.505 e. The van der Waals surface area contributed by atoms with E-state index in [0.29, 0.717) is 19.3 Å². The molecule has 2 N–H and O–H groups in total. The van der Waals surface area contributed by atoms with Gasteiger partial charge in [0.05, 0.1) is 5.02 Å². The average Bonchev–Trinajstić information content (AvgIpc) is 3.22. The van der Waals surface area contributed by atoms with Crippen LogP contribution in [0.4, 0.5) is 4.39 Å². The van der Waals surface area contributed by atoms with Crippen LogP contribution in [0.2, 0.25) is 5.02 Å².